The fourth-order valence-electron chi connectivity index (χ4n) is 1.79. The van der Waals surface area contributed by atoms with Crippen molar-refractivity contribution in [3.63, 3.8) is 0 Å². The van der Waals surface area contributed by atoms with Gasteiger partial charge in [-0.05, 0) is 29.6 Å². The number of nitrogens with one attached hydrogen (secondary N) is 2. The number of hydrogen-bond acceptors (Lipinski definition) is 3. The highest BCUT2D eigenvalue weighted by molar-refractivity contribution is 7.10. The lowest BCUT2D eigenvalue weighted by Gasteiger charge is -2.10. The van der Waals surface area contributed by atoms with Crippen LogP contribution in [0.1, 0.15) is 10.4 Å². The van der Waals surface area contributed by atoms with E-state index in [-0.39, 0.29) is 24.6 Å². The quantitative estimate of drug-likeness (QED) is 0.877. The lowest BCUT2D eigenvalue weighted by atomic mass is 10.2. The number of thiophene rings is 1. The number of halogens is 3. The number of rotatable bonds is 5. The van der Waals surface area contributed by atoms with Crippen LogP contribution in [0.3, 0.4) is 0 Å². The molecule has 2 rings (SSSR count). The van der Waals surface area contributed by atoms with Crippen LogP contribution in [-0.4, -0.2) is 18.4 Å². The monoisotopic (exact) mass is 342 g/mol. The van der Waals surface area contributed by atoms with Gasteiger partial charge in [-0.3, -0.25) is 9.59 Å². The van der Waals surface area contributed by atoms with Crippen LogP contribution in [0.5, 0.6) is 0 Å². The molecule has 23 heavy (non-hydrogen) atoms. The highest BCUT2D eigenvalue weighted by Gasteiger charge is 2.30. The van der Waals surface area contributed by atoms with Gasteiger partial charge in [-0.2, -0.15) is 13.2 Å². The summed E-state index contributed by atoms with van der Waals surface area (Å²) in [6.45, 7) is -0.305. The number of carbonyl (C=O) groups is 2. The first-order valence-corrected chi connectivity index (χ1v) is 7.49. The molecular weight excluding hydrogens is 329 g/mol. The van der Waals surface area contributed by atoms with Gasteiger partial charge in [0.1, 0.15) is 0 Å². The van der Waals surface area contributed by atoms with Crippen molar-refractivity contribution in [2.75, 3.05) is 11.9 Å². The predicted molar refractivity (Wildman–Crippen MR) is 81.1 cm³/mol. The molecule has 2 amide bonds. The Kier molecular flexibility index (Phi) is 5.38. The molecule has 0 aliphatic carbocycles. The summed E-state index contributed by atoms with van der Waals surface area (Å²) >= 11 is 1.42. The summed E-state index contributed by atoms with van der Waals surface area (Å²) in [7, 11) is 0. The molecule has 0 saturated carbocycles. The summed E-state index contributed by atoms with van der Waals surface area (Å²) < 4.78 is 37.7. The molecule has 122 valence electrons. The number of benzene rings is 1. The molecule has 0 fully saturated rings. The highest BCUT2D eigenvalue weighted by atomic mass is 32.1. The molecule has 8 heteroatoms. The minimum Gasteiger partial charge on any atom is -0.347 e. The Balaban J connectivity index is 1.84. The Labute approximate surface area is 134 Å². The van der Waals surface area contributed by atoms with E-state index in [1.165, 1.54) is 23.5 Å². The van der Waals surface area contributed by atoms with Crippen LogP contribution in [0.2, 0.25) is 0 Å². The van der Waals surface area contributed by atoms with Gasteiger partial charge < -0.3 is 10.6 Å². The van der Waals surface area contributed by atoms with Crippen LogP contribution in [0.4, 0.5) is 18.9 Å². The third-order valence-corrected chi connectivity index (χ3v) is 3.71. The number of anilines is 1. The van der Waals surface area contributed by atoms with E-state index in [2.05, 4.69) is 10.6 Å². The molecule has 0 unspecified atom stereocenters. The zero-order valence-corrected chi connectivity index (χ0v) is 12.6. The lowest BCUT2D eigenvalue weighted by molar-refractivity contribution is -0.137. The van der Waals surface area contributed by atoms with Crippen molar-refractivity contribution in [2.45, 2.75) is 12.6 Å². The lowest BCUT2D eigenvalue weighted by Crippen LogP contribution is -2.33. The van der Waals surface area contributed by atoms with Gasteiger partial charge >= 0.3 is 6.18 Å². The summed E-state index contributed by atoms with van der Waals surface area (Å²) in [6, 6.07) is 7.92. The van der Waals surface area contributed by atoms with E-state index in [1.54, 1.807) is 6.07 Å². The molecule has 0 aliphatic rings. The van der Waals surface area contributed by atoms with Crippen molar-refractivity contribution in [1.29, 1.82) is 0 Å². The maximum Gasteiger partial charge on any atom is 0.416 e. The Hall–Kier alpha value is -2.35. The molecule has 0 atom stereocenters. The number of amides is 2. The van der Waals surface area contributed by atoms with Gasteiger partial charge in [0.25, 0.3) is 0 Å². The van der Waals surface area contributed by atoms with E-state index in [9.17, 15) is 22.8 Å². The van der Waals surface area contributed by atoms with Crippen molar-refractivity contribution in [3.8, 4) is 0 Å². The average molecular weight is 342 g/mol. The molecule has 0 spiro atoms. The SMILES string of the molecule is O=C(Cc1cccs1)NCC(=O)Nc1cccc(C(F)(F)F)c1. The van der Waals surface area contributed by atoms with Crippen LogP contribution in [0, 0.1) is 0 Å². The van der Waals surface area contributed by atoms with Gasteiger partial charge in [0.2, 0.25) is 11.8 Å². The second-order valence-electron chi connectivity index (χ2n) is 4.66. The third-order valence-electron chi connectivity index (χ3n) is 2.83. The molecule has 1 heterocycles. The Morgan fingerprint density at radius 1 is 1.09 bits per heavy atom. The minimum atomic E-state index is -4.48. The summed E-state index contributed by atoms with van der Waals surface area (Å²) in [5.41, 5.74) is -0.825. The summed E-state index contributed by atoms with van der Waals surface area (Å²) in [4.78, 5) is 24.2. The van der Waals surface area contributed by atoms with Gasteiger partial charge in [-0.15, -0.1) is 11.3 Å². The van der Waals surface area contributed by atoms with Gasteiger partial charge in [-0.25, -0.2) is 0 Å². The Morgan fingerprint density at radius 2 is 1.87 bits per heavy atom. The smallest absolute Gasteiger partial charge is 0.347 e. The predicted octanol–water partition coefficient (Wildman–Crippen LogP) is 3.06. The number of alkyl halides is 3. The van der Waals surface area contributed by atoms with E-state index in [4.69, 9.17) is 0 Å². The Morgan fingerprint density at radius 3 is 2.52 bits per heavy atom. The maximum atomic E-state index is 12.6. The second kappa shape index (κ2) is 7.28. The highest BCUT2D eigenvalue weighted by Crippen LogP contribution is 2.30. The van der Waals surface area contributed by atoms with Crippen molar-refractivity contribution < 1.29 is 22.8 Å². The minimum absolute atomic E-state index is 0.0253. The zero-order chi connectivity index (χ0) is 16.9. The third kappa shape index (κ3) is 5.41. The molecule has 1 aromatic carbocycles. The van der Waals surface area contributed by atoms with Crippen molar-refractivity contribution in [2.24, 2.45) is 0 Å². The molecule has 0 radical (unpaired) electrons. The Bertz CT molecular complexity index is 684. The van der Waals surface area contributed by atoms with Crippen molar-refractivity contribution >= 4 is 28.8 Å². The molecule has 0 saturated heterocycles. The summed E-state index contributed by atoms with van der Waals surface area (Å²) in [6.07, 6.45) is -4.32. The molecule has 0 bridgehead atoms. The van der Waals surface area contributed by atoms with Gasteiger partial charge in [0, 0.05) is 10.6 Å². The number of hydrogen-bond donors (Lipinski definition) is 2. The number of carbonyl (C=O) groups excluding carboxylic acids is 2. The fourth-order valence-corrected chi connectivity index (χ4v) is 2.49. The largest absolute Gasteiger partial charge is 0.416 e. The van der Waals surface area contributed by atoms with E-state index in [0.29, 0.717) is 0 Å². The zero-order valence-electron chi connectivity index (χ0n) is 11.8. The first kappa shape index (κ1) is 17.0. The average Bonchev–Trinajstić information content (AvgIpc) is 2.97. The van der Waals surface area contributed by atoms with E-state index >= 15 is 0 Å². The van der Waals surface area contributed by atoms with Gasteiger partial charge in [0.15, 0.2) is 0 Å². The van der Waals surface area contributed by atoms with Crippen molar-refractivity contribution in [1.82, 2.24) is 5.32 Å². The first-order chi connectivity index (χ1) is 10.8. The summed E-state index contributed by atoms with van der Waals surface area (Å²) in [5.74, 6) is -0.921. The topological polar surface area (TPSA) is 58.2 Å². The van der Waals surface area contributed by atoms with Gasteiger partial charge in [-0.1, -0.05) is 12.1 Å². The van der Waals surface area contributed by atoms with Crippen molar-refractivity contribution in [3.05, 3.63) is 52.2 Å². The fraction of sp³-hybridized carbons (Fsp3) is 0.200. The molecular formula is C15H13F3N2O2S. The molecule has 1 aromatic heterocycles. The van der Waals surface area contributed by atoms with E-state index < -0.39 is 17.6 Å². The van der Waals surface area contributed by atoms with Gasteiger partial charge in [0.05, 0.1) is 18.5 Å². The molecule has 0 aliphatic heterocycles. The van der Waals surface area contributed by atoms with Crippen LogP contribution in [0.25, 0.3) is 0 Å². The normalized spacial score (nSPS) is 11.1. The second-order valence-corrected chi connectivity index (χ2v) is 5.69. The first-order valence-electron chi connectivity index (χ1n) is 6.61. The maximum absolute atomic E-state index is 12.6. The molecule has 2 aromatic rings. The van der Waals surface area contributed by atoms with E-state index in [0.717, 1.165) is 17.0 Å². The summed E-state index contributed by atoms with van der Waals surface area (Å²) in [5, 5.41) is 6.57. The van der Waals surface area contributed by atoms with E-state index in [1.807, 2.05) is 11.4 Å². The van der Waals surface area contributed by atoms with Crippen LogP contribution < -0.4 is 10.6 Å². The molecule has 4 nitrogen and oxygen atoms in total. The van der Waals surface area contributed by atoms with Crippen LogP contribution in [-0.2, 0) is 22.2 Å². The van der Waals surface area contributed by atoms with Crippen LogP contribution >= 0.6 is 11.3 Å². The molecule has 2 N–H and O–H groups in total. The standard InChI is InChI=1S/C15H13F3N2O2S/c16-15(17,18)10-3-1-4-11(7-10)20-14(22)9-19-13(21)8-12-5-2-6-23-12/h1-7H,8-9H2,(H,19,21)(H,20,22). The van der Waals surface area contributed by atoms with Crippen LogP contribution in [0.15, 0.2) is 41.8 Å².